The third-order valence-electron chi connectivity index (χ3n) is 5.07. The zero-order valence-corrected chi connectivity index (χ0v) is 18.2. The number of methoxy groups -OCH3 is 2. The number of hydrogen-bond donors (Lipinski definition) is 1. The van der Waals surface area contributed by atoms with Gasteiger partial charge in [-0.3, -0.25) is 9.59 Å². The lowest BCUT2D eigenvalue weighted by atomic mass is 10.2. The second-order valence-electron chi connectivity index (χ2n) is 7.10. The number of ether oxygens (including phenoxy) is 2. The van der Waals surface area contributed by atoms with Gasteiger partial charge in [0.15, 0.2) is 11.5 Å². The number of nitrogens with zero attached hydrogens (tertiary/aromatic N) is 2. The molecule has 1 aliphatic rings. The van der Waals surface area contributed by atoms with Gasteiger partial charge in [0, 0.05) is 23.9 Å². The lowest BCUT2D eigenvalue weighted by Gasteiger charge is -2.19. The van der Waals surface area contributed by atoms with E-state index >= 15 is 0 Å². The molecule has 1 saturated heterocycles. The van der Waals surface area contributed by atoms with E-state index in [-0.39, 0.29) is 18.2 Å². The number of carbonyl (C=O) groups excluding carboxylic acids is 2. The van der Waals surface area contributed by atoms with Crippen LogP contribution in [-0.2, 0) is 16.0 Å². The van der Waals surface area contributed by atoms with E-state index in [0.717, 1.165) is 22.7 Å². The van der Waals surface area contributed by atoms with Crippen molar-refractivity contribution in [3.63, 3.8) is 0 Å². The first kappa shape index (κ1) is 20.9. The fourth-order valence-corrected chi connectivity index (χ4v) is 4.38. The second-order valence-corrected chi connectivity index (χ2v) is 7.96. The maximum Gasteiger partial charge on any atom is 0.230 e. The van der Waals surface area contributed by atoms with Gasteiger partial charge in [-0.15, -0.1) is 11.3 Å². The number of aromatic nitrogens is 1. The number of nitrogens with one attached hydrogen (secondary N) is 1. The van der Waals surface area contributed by atoms with E-state index in [1.807, 2.05) is 47.8 Å². The Labute approximate surface area is 184 Å². The van der Waals surface area contributed by atoms with Crippen molar-refractivity contribution in [2.75, 3.05) is 31.0 Å². The summed E-state index contributed by atoms with van der Waals surface area (Å²) in [7, 11) is 3.18. The summed E-state index contributed by atoms with van der Waals surface area (Å²) in [6.45, 7) is 0.673. The van der Waals surface area contributed by atoms with Crippen molar-refractivity contribution in [1.29, 1.82) is 0 Å². The maximum absolute atomic E-state index is 12.7. The van der Waals surface area contributed by atoms with Gasteiger partial charge in [0.2, 0.25) is 11.8 Å². The molecule has 0 aliphatic carbocycles. The summed E-state index contributed by atoms with van der Waals surface area (Å²) < 4.78 is 10.6. The van der Waals surface area contributed by atoms with Crippen LogP contribution >= 0.6 is 11.3 Å². The molecule has 2 aromatic carbocycles. The van der Waals surface area contributed by atoms with Crippen LogP contribution in [0.2, 0.25) is 0 Å². The summed E-state index contributed by atoms with van der Waals surface area (Å²) in [6, 6.07) is 13.0. The van der Waals surface area contributed by atoms with Crippen LogP contribution in [0.3, 0.4) is 0 Å². The van der Waals surface area contributed by atoms with Gasteiger partial charge >= 0.3 is 0 Å². The van der Waals surface area contributed by atoms with E-state index < -0.39 is 0 Å². The van der Waals surface area contributed by atoms with E-state index in [9.17, 15) is 9.59 Å². The molecule has 31 heavy (non-hydrogen) atoms. The van der Waals surface area contributed by atoms with Crippen molar-refractivity contribution in [3.8, 4) is 22.1 Å². The Bertz CT molecular complexity index is 1110. The van der Waals surface area contributed by atoms with Crippen molar-refractivity contribution in [2.24, 2.45) is 0 Å². The second kappa shape index (κ2) is 9.18. The largest absolute Gasteiger partial charge is 0.493 e. The molecule has 2 heterocycles. The topological polar surface area (TPSA) is 80.8 Å². The van der Waals surface area contributed by atoms with Crippen LogP contribution in [-0.4, -0.2) is 37.6 Å². The molecule has 1 N–H and O–H groups in total. The predicted molar refractivity (Wildman–Crippen MR) is 121 cm³/mol. The average molecular weight is 438 g/mol. The fourth-order valence-electron chi connectivity index (χ4n) is 3.57. The van der Waals surface area contributed by atoms with Crippen molar-refractivity contribution in [3.05, 3.63) is 53.5 Å². The Kier molecular flexibility index (Phi) is 6.18. The lowest BCUT2D eigenvalue weighted by molar-refractivity contribution is -0.117. The molecule has 2 amide bonds. The minimum Gasteiger partial charge on any atom is -0.493 e. The molecule has 7 nitrogen and oxygen atoms in total. The highest BCUT2D eigenvalue weighted by molar-refractivity contribution is 7.13. The Morgan fingerprint density at radius 3 is 2.71 bits per heavy atom. The summed E-state index contributed by atoms with van der Waals surface area (Å²) >= 11 is 1.47. The van der Waals surface area contributed by atoms with Crippen molar-refractivity contribution >= 4 is 34.5 Å². The van der Waals surface area contributed by atoms with Gasteiger partial charge in [0.05, 0.1) is 37.7 Å². The standard InChI is InChI=1S/C23H23N3O4S/c1-29-19-10-9-15(12-20(19)30-2)23-24-16(14-31-23)13-21(27)25-17-6-3-4-7-18(17)26-11-5-8-22(26)28/h3-4,6-7,9-10,12,14H,5,8,11,13H2,1-2H3,(H,25,27). The molecule has 3 aromatic rings. The van der Waals surface area contributed by atoms with Crippen LogP contribution < -0.4 is 19.7 Å². The number of anilines is 2. The van der Waals surface area contributed by atoms with Crippen LogP contribution in [0, 0.1) is 0 Å². The quantitative estimate of drug-likeness (QED) is 0.601. The molecule has 8 heteroatoms. The maximum atomic E-state index is 12.7. The minimum absolute atomic E-state index is 0.0840. The highest BCUT2D eigenvalue weighted by atomic mass is 32.1. The van der Waals surface area contributed by atoms with Crippen LogP contribution in [0.15, 0.2) is 47.8 Å². The van der Waals surface area contributed by atoms with Gasteiger partial charge in [-0.25, -0.2) is 4.98 Å². The van der Waals surface area contributed by atoms with E-state index in [1.54, 1.807) is 19.1 Å². The molecule has 0 radical (unpaired) electrons. The van der Waals surface area contributed by atoms with E-state index in [4.69, 9.17) is 9.47 Å². The Hall–Kier alpha value is -3.39. The molecule has 1 fully saturated rings. The Balaban J connectivity index is 1.46. The number of hydrogen-bond acceptors (Lipinski definition) is 6. The van der Waals surface area contributed by atoms with E-state index in [2.05, 4.69) is 10.3 Å². The molecule has 0 atom stereocenters. The van der Waals surface area contributed by atoms with Crippen LogP contribution in [0.25, 0.3) is 10.6 Å². The third kappa shape index (κ3) is 4.54. The molecule has 1 aromatic heterocycles. The Morgan fingerprint density at radius 2 is 1.97 bits per heavy atom. The monoisotopic (exact) mass is 437 g/mol. The summed E-state index contributed by atoms with van der Waals surface area (Å²) in [6.07, 6.45) is 1.52. The zero-order valence-electron chi connectivity index (χ0n) is 17.4. The molecule has 0 bridgehead atoms. The molecular weight excluding hydrogens is 414 g/mol. The van der Waals surface area contributed by atoms with Crippen LogP contribution in [0.1, 0.15) is 18.5 Å². The SMILES string of the molecule is COc1ccc(-c2nc(CC(=O)Nc3ccccc3N3CCCC3=O)cs2)cc1OC. The van der Waals surface area contributed by atoms with Gasteiger partial charge in [-0.05, 0) is 36.8 Å². The lowest BCUT2D eigenvalue weighted by Crippen LogP contribution is -2.26. The smallest absolute Gasteiger partial charge is 0.230 e. The first-order chi connectivity index (χ1) is 15.1. The summed E-state index contributed by atoms with van der Waals surface area (Å²) in [5, 5.41) is 5.61. The molecule has 0 unspecified atom stereocenters. The average Bonchev–Trinajstić information content (AvgIpc) is 3.42. The number of amides is 2. The minimum atomic E-state index is -0.178. The number of thiazole rings is 1. The number of carbonyl (C=O) groups is 2. The molecule has 4 rings (SSSR count). The van der Waals surface area contributed by atoms with E-state index in [1.165, 1.54) is 11.3 Å². The van der Waals surface area contributed by atoms with E-state index in [0.29, 0.717) is 35.8 Å². The zero-order chi connectivity index (χ0) is 21.8. The molecule has 0 spiro atoms. The molecular formula is C23H23N3O4S. The van der Waals surface area contributed by atoms with Gasteiger partial charge in [-0.2, -0.15) is 0 Å². The summed E-state index contributed by atoms with van der Waals surface area (Å²) in [4.78, 5) is 31.1. The Morgan fingerprint density at radius 1 is 1.16 bits per heavy atom. The highest BCUT2D eigenvalue weighted by Crippen LogP contribution is 2.34. The van der Waals surface area contributed by atoms with Gasteiger partial charge < -0.3 is 19.7 Å². The van der Waals surface area contributed by atoms with Crippen LogP contribution in [0.5, 0.6) is 11.5 Å². The first-order valence-electron chi connectivity index (χ1n) is 9.95. The van der Waals surface area contributed by atoms with Crippen molar-refractivity contribution in [1.82, 2.24) is 4.98 Å². The summed E-state index contributed by atoms with van der Waals surface area (Å²) in [5.74, 6) is 1.18. The predicted octanol–water partition coefficient (Wildman–Crippen LogP) is 4.14. The first-order valence-corrected chi connectivity index (χ1v) is 10.8. The molecule has 1 aliphatic heterocycles. The normalized spacial score (nSPS) is 13.4. The molecule has 160 valence electrons. The van der Waals surface area contributed by atoms with Crippen LogP contribution in [0.4, 0.5) is 11.4 Å². The number of benzene rings is 2. The third-order valence-corrected chi connectivity index (χ3v) is 6.01. The summed E-state index contributed by atoms with van der Waals surface area (Å²) in [5.41, 5.74) is 2.95. The van der Waals surface area contributed by atoms with Gasteiger partial charge in [0.25, 0.3) is 0 Å². The van der Waals surface area contributed by atoms with Crippen molar-refractivity contribution in [2.45, 2.75) is 19.3 Å². The van der Waals surface area contributed by atoms with Gasteiger partial charge in [-0.1, -0.05) is 12.1 Å². The number of rotatable bonds is 7. The fraction of sp³-hybridized carbons (Fsp3) is 0.261. The van der Waals surface area contributed by atoms with Crippen molar-refractivity contribution < 1.29 is 19.1 Å². The van der Waals surface area contributed by atoms with Gasteiger partial charge in [0.1, 0.15) is 5.01 Å². The molecule has 0 saturated carbocycles. The number of para-hydroxylation sites is 2. The highest BCUT2D eigenvalue weighted by Gasteiger charge is 2.24.